The molecule has 14 heavy (non-hydrogen) atoms. The van der Waals surface area contributed by atoms with E-state index in [9.17, 15) is 8.78 Å². The maximum absolute atomic E-state index is 12.5. The standard InChI is InChI=1S/C9H9F2N3/c1-5-8(9(10)11)6(3-12)2-7(4-13)14-5/h2,9H,3,12H2,1H3. The Morgan fingerprint density at radius 3 is 2.71 bits per heavy atom. The van der Waals surface area contributed by atoms with E-state index in [0.29, 0.717) is 0 Å². The molecule has 0 spiro atoms. The average Bonchev–Trinajstić information content (AvgIpc) is 2.15. The molecular weight excluding hydrogens is 188 g/mol. The second kappa shape index (κ2) is 4.11. The summed E-state index contributed by atoms with van der Waals surface area (Å²) in [6.07, 6.45) is -2.60. The van der Waals surface area contributed by atoms with Crippen LogP contribution in [0.1, 0.15) is 28.9 Å². The SMILES string of the molecule is Cc1nc(C#N)cc(CN)c1C(F)F. The third-order valence-corrected chi connectivity index (χ3v) is 1.89. The minimum Gasteiger partial charge on any atom is -0.326 e. The molecule has 0 aliphatic heterocycles. The van der Waals surface area contributed by atoms with Gasteiger partial charge >= 0.3 is 0 Å². The van der Waals surface area contributed by atoms with Crippen LogP contribution in [-0.4, -0.2) is 4.98 Å². The molecule has 0 bridgehead atoms. The summed E-state index contributed by atoms with van der Waals surface area (Å²) in [4.78, 5) is 3.72. The lowest BCUT2D eigenvalue weighted by molar-refractivity contribution is 0.149. The van der Waals surface area contributed by atoms with E-state index in [-0.39, 0.29) is 29.1 Å². The smallest absolute Gasteiger partial charge is 0.265 e. The molecule has 0 saturated heterocycles. The highest BCUT2D eigenvalue weighted by molar-refractivity contribution is 5.37. The molecule has 0 atom stereocenters. The fourth-order valence-corrected chi connectivity index (χ4v) is 1.27. The summed E-state index contributed by atoms with van der Waals surface area (Å²) in [5.41, 5.74) is 5.72. The molecule has 3 nitrogen and oxygen atoms in total. The first-order valence-electron chi connectivity index (χ1n) is 3.99. The van der Waals surface area contributed by atoms with Gasteiger partial charge in [-0.05, 0) is 18.6 Å². The van der Waals surface area contributed by atoms with E-state index in [1.165, 1.54) is 13.0 Å². The Bertz CT molecular complexity index is 382. The molecule has 0 aliphatic carbocycles. The van der Waals surface area contributed by atoms with Gasteiger partial charge in [-0.3, -0.25) is 0 Å². The first kappa shape index (κ1) is 10.5. The fourth-order valence-electron chi connectivity index (χ4n) is 1.27. The number of rotatable bonds is 2. The summed E-state index contributed by atoms with van der Waals surface area (Å²) in [6, 6.07) is 3.10. The molecule has 0 aromatic carbocycles. The van der Waals surface area contributed by atoms with E-state index in [0.717, 1.165) is 0 Å². The fraction of sp³-hybridized carbons (Fsp3) is 0.333. The Labute approximate surface area is 80.2 Å². The van der Waals surface area contributed by atoms with Crippen molar-refractivity contribution in [3.63, 3.8) is 0 Å². The molecule has 2 N–H and O–H groups in total. The molecule has 0 unspecified atom stereocenters. The van der Waals surface area contributed by atoms with Crippen molar-refractivity contribution in [2.24, 2.45) is 5.73 Å². The van der Waals surface area contributed by atoms with Crippen molar-refractivity contribution >= 4 is 0 Å². The van der Waals surface area contributed by atoms with Gasteiger partial charge in [-0.2, -0.15) is 5.26 Å². The van der Waals surface area contributed by atoms with E-state index in [1.54, 1.807) is 6.07 Å². The van der Waals surface area contributed by atoms with Gasteiger partial charge in [0.15, 0.2) is 0 Å². The highest BCUT2D eigenvalue weighted by Crippen LogP contribution is 2.25. The lowest BCUT2D eigenvalue weighted by atomic mass is 10.1. The largest absolute Gasteiger partial charge is 0.326 e. The molecule has 1 aromatic heterocycles. The van der Waals surface area contributed by atoms with Crippen LogP contribution in [0.25, 0.3) is 0 Å². The Morgan fingerprint density at radius 2 is 2.29 bits per heavy atom. The maximum Gasteiger partial charge on any atom is 0.265 e. The van der Waals surface area contributed by atoms with Crippen molar-refractivity contribution in [2.75, 3.05) is 0 Å². The van der Waals surface area contributed by atoms with Gasteiger partial charge in [-0.1, -0.05) is 0 Å². The molecule has 5 heteroatoms. The second-order valence-electron chi connectivity index (χ2n) is 2.78. The Kier molecular flexibility index (Phi) is 3.10. The summed E-state index contributed by atoms with van der Waals surface area (Å²) in [5.74, 6) is 0. The lowest BCUT2D eigenvalue weighted by Gasteiger charge is -2.09. The van der Waals surface area contributed by atoms with Gasteiger partial charge < -0.3 is 5.73 Å². The summed E-state index contributed by atoms with van der Waals surface area (Å²) < 4.78 is 25.1. The zero-order valence-corrected chi connectivity index (χ0v) is 7.59. The third kappa shape index (κ3) is 1.86. The van der Waals surface area contributed by atoms with Gasteiger partial charge in [0.2, 0.25) is 0 Å². The number of halogens is 2. The van der Waals surface area contributed by atoms with Gasteiger partial charge in [-0.15, -0.1) is 0 Å². The second-order valence-corrected chi connectivity index (χ2v) is 2.78. The Hall–Kier alpha value is -1.54. The normalized spacial score (nSPS) is 10.3. The number of hydrogen-bond donors (Lipinski definition) is 1. The number of aromatic nitrogens is 1. The molecule has 1 rings (SSSR count). The number of nitriles is 1. The highest BCUT2D eigenvalue weighted by atomic mass is 19.3. The number of alkyl halides is 2. The quantitative estimate of drug-likeness (QED) is 0.784. The number of pyridine rings is 1. The van der Waals surface area contributed by atoms with Crippen molar-refractivity contribution < 1.29 is 8.78 Å². The van der Waals surface area contributed by atoms with Gasteiger partial charge in [0, 0.05) is 17.8 Å². The van der Waals surface area contributed by atoms with Crippen LogP contribution in [0.3, 0.4) is 0 Å². The van der Waals surface area contributed by atoms with Crippen molar-refractivity contribution in [3.8, 4) is 6.07 Å². The topological polar surface area (TPSA) is 62.7 Å². The molecule has 0 aliphatic rings. The van der Waals surface area contributed by atoms with E-state index in [2.05, 4.69) is 4.98 Å². The van der Waals surface area contributed by atoms with Gasteiger partial charge in [0.1, 0.15) is 11.8 Å². The molecule has 1 aromatic rings. The highest BCUT2D eigenvalue weighted by Gasteiger charge is 2.17. The third-order valence-electron chi connectivity index (χ3n) is 1.89. The van der Waals surface area contributed by atoms with E-state index in [4.69, 9.17) is 11.0 Å². The molecule has 0 saturated carbocycles. The zero-order valence-electron chi connectivity index (χ0n) is 7.59. The zero-order chi connectivity index (χ0) is 10.7. The van der Waals surface area contributed by atoms with Crippen molar-refractivity contribution in [2.45, 2.75) is 19.9 Å². The minimum atomic E-state index is -2.60. The van der Waals surface area contributed by atoms with Crippen LogP contribution >= 0.6 is 0 Å². The summed E-state index contributed by atoms with van der Waals surface area (Å²) >= 11 is 0. The van der Waals surface area contributed by atoms with Gasteiger partial charge in [0.25, 0.3) is 6.43 Å². The van der Waals surface area contributed by atoms with Crippen molar-refractivity contribution in [3.05, 3.63) is 28.6 Å². The van der Waals surface area contributed by atoms with Crippen LogP contribution in [0.5, 0.6) is 0 Å². The molecule has 74 valence electrons. The molecular formula is C9H9F2N3. The van der Waals surface area contributed by atoms with Crippen LogP contribution < -0.4 is 5.73 Å². The Morgan fingerprint density at radius 1 is 1.64 bits per heavy atom. The molecule has 0 amide bonds. The van der Waals surface area contributed by atoms with Crippen LogP contribution in [-0.2, 0) is 6.54 Å². The van der Waals surface area contributed by atoms with E-state index >= 15 is 0 Å². The summed E-state index contributed by atoms with van der Waals surface area (Å²) in [7, 11) is 0. The minimum absolute atomic E-state index is 0.0162. The Balaban J connectivity index is 3.36. The number of nitrogens with two attached hydrogens (primary N) is 1. The van der Waals surface area contributed by atoms with Crippen LogP contribution in [0.4, 0.5) is 8.78 Å². The van der Waals surface area contributed by atoms with Crippen LogP contribution in [0.2, 0.25) is 0 Å². The molecule has 1 heterocycles. The first-order valence-corrected chi connectivity index (χ1v) is 3.99. The lowest BCUT2D eigenvalue weighted by Crippen LogP contribution is -2.07. The molecule has 0 radical (unpaired) electrons. The van der Waals surface area contributed by atoms with Crippen LogP contribution in [0.15, 0.2) is 6.07 Å². The van der Waals surface area contributed by atoms with Gasteiger partial charge in [0.05, 0.1) is 0 Å². The summed E-state index contributed by atoms with van der Waals surface area (Å²) in [5, 5.41) is 8.57. The number of aryl methyl sites for hydroxylation is 1. The number of hydrogen-bond acceptors (Lipinski definition) is 3. The average molecular weight is 197 g/mol. The predicted octanol–water partition coefficient (Wildman–Crippen LogP) is 1.66. The number of nitrogens with zero attached hydrogens (tertiary/aromatic N) is 2. The monoisotopic (exact) mass is 197 g/mol. The predicted molar refractivity (Wildman–Crippen MR) is 46.5 cm³/mol. The van der Waals surface area contributed by atoms with Crippen molar-refractivity contribution in [1.82, 2.24) is 4.98 Å². The molecule has 0 fully saturated rings. The van der Waals surface area contributed by atoms with Crippen molar-refractivity contribution in [1.29, 1.82) is 5.26 Å². The first-order chi connectivity index (χ1) is 6.60. The maximum atomic E-state index is 12.5. The van der Waals surface area contributed by atoms with E-state index in [1.807, 2.05) is 0 Å². The van der Waals surface area contributed by atoms with Gasteiger partial charge in [-0.25, -0.2) is 13.8 Å². The van der Waals surface area contributed by atoms with Crippen LogP contribution in [0, 0.1) is 18.3 Å². The summed E-state index contributed by atoms with van der Waals surface area (Å²) in [6.45, 7) is 1.43. The van der Waals surface area contributed by atoms with E-state index < -0.39 is 6.43 Å².